The predicted molar refractivity (Wildman–Crippen MR) is 116 cm³/mol. The molecule has 6 nitrogen and oxygen atoms in total. The van der Waals surface area contributed by atoms with Gasteiger partial charge in [0.05, 0.1) is 6.54 Å². The summed E-state index contributed by atoms with van der Waals surface area (Å²) in [5.41, 5.74) is 4.40. The van der Waals surface area contributed by atoms with E-state index in [1.54, 1.807) is 0 Å². The average molecular weight is 407 g/mol. The van der Waals surface area contributed by atoms with Crippen LogP contribution < -0.4 is 0 Å². The van der Waals surface area contributed by atoms with E-state index in [2.05, 4.69) is 63.8 Å². The van der Waals surface area contributed by atoms with E-state index in [0.29, 0.717) is 18.3 Å². The predicted octanol–water partition coefficient (Wildman–Crippen LogP) is 4.10. The van der Waals surface area contributed by atoms with E-state index in [9.17, 15) is 4.79 Å². The van der Waals surface area contributed by atoms with Gasteiger partial charge in [0, 0.05) is 29.4 Å². The second-order valence-electron chi connectivity index (χ2n) is 8.33. The maximum atomic E-state index is 13.0. The number of aromatic nitrogens is 3. The van der Waals surface area contributed by atoms with E-state index in [1.807, 2.05) is 13.0 Å². The maximum absolute atomic E-state index is 13.0. The number of rotatable bonds is 7. The Bertz CT molecular complexity index is 998. The van der Waals surface area contributed by atoms with Crippen LogP contribution in [0.4, 0.5) is 0 Å². The number of carbonyl (C=O) groups is 1. The molecule has 1 aliphatic rings. The normalized spacial score (nSPS) is 15.6. The lowest BCUT2D eigenvalue weighted by atomic mass is 9.96. The maximum Gasteiger partial charge on any atom is 0.229 e. The third-order valence-corrected chi connectivity index (χ3v) is 6.19. The van der Waals surface area contributed by atoms with Gasteiger partial charge in [0.2, 0.25) is 5.89 Å². The number of benzene rings is 1. The SMILES string of the molecule is Cc1noc(C2CCN(CC(=O)c3cc(C)n(CCc4ccccc4)c3C)CC2)n1. The largest absolute Gasteiger partial charge is 0.348 e. The Morgan fingerprint density at radius 1 is 1.13 bits per heavy atom. The van der Waals surface area contributed by atoms with Crippen molar-refractivity contribution in [1.82, 2.24) is 19.6 Å². The van der Waals surface area contributed by atoms with Gasteiger partial charge in [-0.1, -0.05) is 35.5 Å². The Labute approximate surface area is 177 Å². The summed E-state index contributed by atoms with van der Waals surface area (Å²) in [6, 6.07) is 12.5. The molecular formula is C24H30N4O2. The molecule has 0 radical (unpaired) electrons. The van der Waals surface area contributed by atoms with Gasteiger partial charge in [0.1, 0.15) is 0 Å². The van der Waals surface area contributed by atoms with Crippen molar-refractivity contribution in [1.29, 1.82) is 0 Å². The number of carbonyl (C=O) groups excluding carboxylic acids is 1. The molecule has 158 valence electrons. The monoisotopic (exact) mass is 406 g/mol. The number of hydrogen-bond donors (Lipinski definition) is 0. The second kappa shape index (κ2) is 8.96. The standard InChI is InChI=1S/C24H30N4O2/c1-17-15-22(18(2)28(17)14-9-20-7-5-4-6-8-20)23(29)16-27-12-10-21(11-13-27)24-25-19(3)26-30-24/h4-8,15,21H,9-14,16H2,1-3H3. The number of likely N-dealkylation sites (tertiary alicyclic amines) is 1. The van der Waals surface area contributed by atoms with Crippen LogP contribution in [0.5, 0.6) is 0 Å². The molecule has 6 heteroatoms. The number of aryl methyl sites for hydroxylation is 3. The third-order valence-electron chi connectivity index (χ3n) is 6.19. The van der Waals surface area contributed by atoms with Crippen LogP contribution in [0, 0.1) is 20.8 Å². The quantitative estimate of drug-likeness (QED) is 0.553. The van der Waals surface area contributed by atoms with Gasteiger partial charge in [0.15, 0.2) is 11.6 Å². The van der Waals surface area contributed by atoms with Crippen LogP contribution in [0.3, 0.4) is 0 Å². The highest BCUT2D eigenvalue weighted by Crippen LogP contribution is 2.27. The van der Waals surface area contributed by atoms with E-state index in [0.717, 1.165) is 61.7 Å². The minimum atomic E-state index is 0.209. The van der Waals surface area contributed by atoms with Gasteiger partial charge in [-0.2, -0.15) is 4.98 Å². The highest BCUT2D eigenvalue weighted by atomic mass is 16.5. The van der Waals surface area contributed by atoms with E-state index < -0.39 is 0 Å². The number of piperidine rings is 1. The zero-order valence-electron chi connectivity index (χ0n) is 18.1. The minimum Gasteiger partial charge on any atom is -0.348 e. The van der Waals surface area contributed by atoms with Crippen molar-refractivity contribution in [2.75, 3.05) is 19.6 Å². The van der Waals surface area contributed by atoms with E-state index >= 15 is 0 Å². The van der Waals surface area contributed by atoms with E-state index in [4.69, 9.17) is 4.52 Å². The lowest BCUT2D eigenvalue weighted by molar-refractivity contribution is 0.0904. The van der Waals surface area contributed by atoms with Crippen molar-refractivity contribution >= 4 is 5.78 Å². The van der Waals surface area contributed by atoms with Gasteiger partial charge in [0.25, 0.3) is 0 Å². The summed E-state index contributed by atoms with van der Waals surface area (Å²) in [6.45, 7) is 9.12. The molecule has 2 aromatic heterocycles. The van der Waals surface area contributed by atoms with Gasteiger partial charge < -0.3 is 9.09 Å². The highest BCUT2D eigenvalue weighted by molar-refractivity contribution is 5.99. The van der Waals surface area contributed by atoms with Crippen LogP contribution in [0.2, 0.25) is 0 Å². The van der Waals surface area contributed by atoms with Gasteiger partial charge in [-0.15, -0.1) is 0 Å². The van der Waals surface area contributed by atoms with Gasteiger partial charge in [-0.05, 0) is 64.8 Å². The molecule has 0 aliphatic carbocycles. The zero-order valence-corrected chi connectivity index (χ0v) is 18.1. The molecular weight excluding hydrogens is 376 g/mol. The Balaban J connectivity index is 1.35. The van der Waals surface area contributed by atoms with E-state index in [-0.39, 0.29) is 5.78 Å². The van der Waals surface area contributed by atoms with Crippen molar-refractivity contribution in [3.8, 4) is 0 Å². The highest BCUT2D eigenvalue weighted by Gasteiger charge is 2.26. The topological polar surface area (TPSA) is 64.2 Å². The molecule has 4 rings (SSSR count). The lowest BCUT2D eigenvalue weighted by Crippen LogP contribution is -2.37. The molecule has 30 heavy (non-hydrogen) atoms. The molecule has 1 fully saturated rings. The first-order valence-corrected chi connectivity index (χ1v) is 10.8. The minimum absolute atomic E-state index is 0.209. The molecule has 0 N–H and O–H groups in total. The number of ketones is 1. The summed E-state index contributed by atoms with van der Waals surface area (Å²) in [5, 5.41) is 3.90. The first-order chi connectivity index (χ1) is 14.5. The summed E-state index contributed by atoms with van der Waals surface area (Å²) >= 11 is 0. The smallest absolute Gasteiger partial charge is 0.229 e. The van der Waals surface area contributed by atoms with Crippen molar-refractivity contribution in [3.63, 3.8) is 0 Å². The summed E-state index contributed by atoms with van der Waals surface area (Å²) in [7, 11) is 0. The van der Waals surface area contributed by atoms with Crippen molar-refractivity contribution in [2.24, 2.45) is 0 Å². The zero-order chi connectivity index (χ0) is 21.1. The van der Waals surface area contributed by atoms with Gasteiger partial charge in [-0.25, -0.2) is 0 Å². The Kier molecular flexibility index (Phi) is 6.13. The summed E-state index contributed by atoms with van der Waals surface area (Å²) in [6.07, 6.45) is 2.86. The first-order valence-electron chi connectivity index (χ1n) is 10.8. The van der Waals surface area contributed by atoms with Crippen LogP contribution in [0.1, 0.15) is 57.8 Å². The van der Waals surface area contributed by atoms with Gasteiger partial charge >= 0.3 is 0 Å². The molecule has 0 atom stereocenters. The average Bonchev–Trinajstić information content (AvgIpc) is 3.31. The summed E-state index contributed by atoms with van der Waals surface area (Å²) < 4.78 is 7.59. The number of Topliss-reactive ketones (excluding diaryl/α,β-unsaturated/α-hetero) is 1. The third kappa shape index (κ3) is 4.54. The van der Waals surface area contributed by atoms with E-state index in [1.165, 1.54) is 5.56 Å². The van der Waals surface area contributed by atoms with Crippen molar-refractivity contribution < 1.29 is 9.32 Å². The molecule has 0 bridgehead atoms. The Morgan fingerprint density at radius 2 is 1.87 bits per heavy atom. The second-order valence-corrected chi connectivity index (χ2v) is 8.33. The van der Waals surface area contributed by atoms with Crippen molar-refractivity contribution in [3.05, 3.63) is 70.6 Å². The van der Waals surface area contributed by atoms with Crippen LogP contribution in [0.25, 0.3) is 0 Å². The van der Waals surface area contributed by atoms with Crippen LogP contribution in [0.15, 0.2) is 40.9 Å². The van der Waals surface area contributed by atoms with Crippen molar-refractivity contribution in [2.45, 2.75) is 52.5 Å². The number of hydrogen-bond acceptors (Lipinski definition) is 5. The molecule has 0 spiro atoms. The summed E-state index contributed by atoms with van der Waals surface area (Å²) in [4.78, 5) is 19.6. The molecule has 1 saturated heterocycles. The fourth-order valence-corrected chi connectivity index (χ4v) is 4.42. The summed E-state index contributed by atoms with van der Waals surface area (Å²) in [5.74, 6) is 1.94. The molecule has 0 amide bonds. The van der Waals surface area contributed by atoms with Gasteiger partial charge in [-0.3, -0.25) is 9.69 Å². The lowest BCUT2D eigenvalue weighted by Gasteiger charge is -2.29. The molecule has 1 aromatic carbocycles. The molecule has 0 saturated carbocycles. The van der Waals surface area contributed by atoms with Crippen LogP contribution in [-0.4, -0.2) is 45.0 Å². The fourth-order valence-electron chi connectivity index (χ4n) is 4.42. The molecule has 0 unspecified atom stereocenters. The first kappa shape index (κ1) is 20.5. The number of nitrogens with zero attached hydrogens (tertiary/aromatic N) is 4. The molecule has 3 heterocycles. The Morgan fingerprint density at radius 3 is 2.53 bits per heavy atom. The molecule has 3 aromatic rings. The van der Waals surface area contributed by atoms with Crippen LogP contribution in [-0.2, 0) is 13.0 Å². The fraction of sp³-hybridized carbons (Fsp3) is 0.458. The van der Waals surface area contributed by atoms with Crippen LogP contribution >= 0.6 is 0 Å². The Hall–Kier alpha value is -2.73. The molecule has 1 aliphatic heterocycles.